The summed E-state index contributed by atoms with van der Waals surface area (Å²) in [6, 6.07) is 10.3. The zero-order valence-corrected chi connectivity index (χ0v) is 21.3. The summed E-state index contributed by atoms with van der Waals surface area (Å²) in [5.41, 5.74) is 1.10. The first-order valence-corrected chi connectivity index (χ1v) is 13.0. The molecule has 2 atom stereocenters. The van der Waals surface area contributed by atoms with Gasteiger partial charge in [0.2, 0.25) is 0 Å². The molecule has 1 N–H and O–H groups in total. The van der Waals surface area contributed by atoms with Gasteiger partial charge >= 0.3 is 0 Å². The summed E-state index contributed by atoms with van der Waals surface area (Å²) in [5.74, 6) is -0.0390. The fourth-order valence-electron chi connectivity index (χ4n) is 5.42. The summed E-state index contributed by atoms with van der Waals surface area (Å²) in [5, 5.41) is 10.2. The maximum atomic E-state index is 15.7. The van der Waals surface area contributed by atoms with E-state index >= 15 is 8.78 Å². The molecule has 7 nitrogen and oxygen atoms in total. The van der Waals surface area contributed by atoms with Crippen molar-refractivity contribution in [1.29, 1.82) is 0 Å². The van der Waals surface area contributed by atoms with Gasteiger partial charge in [-0.25, -0.2) is 13.8 Å². The van der Waals surface area contributed by atoms with Crippen LogP contribution in [-0.4, -0.2) is 43.6 Å². The molecule has 9 heteroatoms. The van der Waals surface area contributed by atoms with Crippen LogP contribution in [0.4, 0.5) is 14.5 Å². The van der Waals surface area contributed by atoms with Gasteiger partial charge in [0.05, 0.1) is 0 Å². The lowest BCUT2D eigenvalue weighted by molar-refractivity contribution is 0.0564. The van der Waals surface area contributed by atoms with E-state index in [0.717, 1.165) is 43.7 Å². The van der Waals surface area contributed by atoms with Crippen molar-refractivity contribution in [1.82, 2.24) is 24.6 Å². The van der Waals surface area contributed by atoms with Crippen molar-refractivity contribution in [3.8, 4) is 0 Å². The molecule has 2 aliphatic carbocycles. The van der Waals surface area contributed by atoms with Crippen molar-refractivity contribution in [3.63, 3.8) is 0 Å². The average Bonchev–Trinajstić information content (AvgIpc) is 3.78. The van der Waals surface area contributed by atoms with Gasteiger partial charge in [-0.15, -0.1) is 10.2 Å². The number of carbonyl (C=O) groups excluding carboxylic acids is 1. The first kappa shape index (κ1) is 24.2. The Morgan fingerprint density at radius 2 is 2.05 bits per heavy atom. The van der Waals surface area contributed by atoms with Crippen LogP contribution < -0.4 is 5.32 Å². The maximum absolute atomic E-state index is 15.7. The number of rotatable bonds is 8. The van der Waals surface area contributed by atoms with Gasteiger partial charge in [0.1, 0.15) is 12.0 Å². The summed E-state index contributed by atoms with van der Waals surface area (Å²) in [6.45, 7) is 4.22. The molecule has 2 saturated carbocycles. The molecule has 1 spiro atoms. The third-order valence-electron chi connectivity index (χ3n) is 8.15. The Balaban J connectivity index is 1.20. The lowest BCUT2D eigenvalue weighted by atomic mass is 9.92. The number of halogens is 2. The van der Waals surface area contributed by atoms with E-state index in [1.165, 1.54) is 49.2 Å². The fraction of sp³-hybridized carbons (Fsp3) is 0.500. The Hall–Kier alpha value is -3.20. The predicted octanol–water partition coefficient (Wildman–Crippen LogP) is 5.22. The summed E-state index contributed by atoms with van der Waals surface area (Å²) in [6.07, 6.45) is 5.43. The Kier molecular flexibility index (Phi) is 5.86. The van der Waals surface area contributed by atoms with Gasteiger partial charge in [-0.3, -0.25) is 9.69 Å². The van der Waals surface area contributed by atoms with E-state index in [4.69, 9.17) is 0 Å². The van der Waals surface area contributed by atoms with E-state index in [2.05, 4.69) is 31.5 Å². The number of likely N-dealkylation sites (tertiary alicyclic amines) is 1. The molecule has 1 aliphatic heterocycles. The van der Waals surface area contributed by atoms with Gasteiger partial charge in [0, 0.05) is 37.4 Å². The number of benzene rings is 1. The van der Waals surface area contributed by atoms with E-state index in [1.807, 2.05) is 6.07 Å². The standard InChI is InChI=1S/C28H32F2N6O/c1-27(30,24(29)25-34-31-17-35(25)2)20-4-3-5-21(14-20)32-26(37)23-13-18(12-22(33-23)19-6-7-19)15-36-11-10-28(16-36)8-9-28/h3-5,12-14,17,19,24H,6-11,15-16H2,1-2H3,(H,32,37)/t24-,27-/m0/s1. The smallest absolute Gasteiger partial charge is 0.274 e. The molecule has 0 radical (unpaired) electrons. The lowest BCUT2D eigenvalue weighted by Crippen LogP contribution is -2.25. The van der Waals surface area contributed by atoms with Crippen molar-refractivity contribution < 1.29 is 13.6 Å². The number of alkyl halides is 2. The molecule has 3 aliphatic rings. The molecule has 194 valence electrons. The number of nitrogens with zero attached hydrogens (tertiary/aromatic N) is 5. The molecular formula is C28H32F2N6O. The van der Waals surface area contributed by atoms with Gasteiger partial charge in [-0.1, -0.05) is 12.1 Å². The van der Waals surface area contributed by atoms with Crippen LogP contribution in [0.5, 0.6) is 0 Å². The number of pyridine rings is 1. The zero-order valence-electron chi connectivity index (χ0n) is 21.3. The summed E-state index contributed by atoms with van der Waals surface area (Å²) in [7, 11) is 1.57. The first-order valence-electron chi connectivity index (χ1n) is 13.0. The average molecular weight is 507 g/mol. The number of nitrogens with one attached hydrogen (secondary N) is 1. The SMILES string of the molecule is Cn1cnnc1[C@H](F)[C@@](C)(F)c1cccc(NC(=O)c2cc(CN3CCC4(CC4)C3)cc(C3CC3)n2)c1. The van der Waals surface area contributed by atoms with Crippen LogP contribution >= 0.6 is 0 Å². The van der Waals surface area contributed by atoms with Crippen molar-refractivity contribution in [2.24, 2.45) is 12.5 Å². The first-order chi connectivity index (χ1) is 17.7. The molecule has 0 bridgehead atoms. The van der Waals surface area contributed by atoms with E-state index < -0.39 is 11.8 Å². The van der Waals surface area contributed by atoms with E-state index in [-0.39, 0.29) is 17.3 Å². The van der Waals surface area contributed by atoms with Gasteiger partial charge in [0.25, 0.3) is 5.91 Å². The monoisotopic (exact) mass is 506 g/mol. The number of anilines is 1. The van der Waals surface area contributed by atoms with Gasteiger partial charge in [0.15, 0.2) is 17.7 Å². The minimum Gasteiger partial charge on any atom is -0.321 e. The zero-order chi connectivity index (χ0) is 25.8. The minimum absolute atomic E-state index is 0.0985. The number of aryl methyl sites for hydroxylation is 1. The van der Waals surface area contributed by atoms with Crippen LogP contribution in [0.15, 0.2) is 42.7 Å². The van der Waals surface area contributed by atoms with Crippen molar-refractivity contribution >= 4 is 11.6 Å². The van der Waals surface area contributed by atoms with Crippen molar-refractivity contribution in [2.75, 3.05) is 18.4 Å². The molecule has 3 aromatic rings. The van der Waals surface area contributed by atoms with Gasteiger partial charge in [-0.2, -0.15) is 0 Å². The third kappa shape index (κ3) is 4.89. The van der Waals surface area contributed by atoms with Crippen LogP contribution in [0.25, 0.3) is 0 Å². The van der Waals surface area contributed by atoms with Crippen LogP contribution in [0.2, 0.25) is 0 Å². The molecule has 2 aromatic heterocycles. The van der Waals surface area contributed by atoms with Crippen LogP contribution in [0.1, 0.15) is 84.3 Å². The highest BCUT2D eigenvalue weighted by molar-refractivity contribution is 6.03. The highest BCUT2D eigenvalue weighted by Crippen LogP contribution is 2.53. The Morgan fingerprint density at radius 1 is 1.24 bits per heavy atom. The normalized spacial score (nSPS) is 21.1. The lowest BCUT2D eigenvalue weighted by Gasteiger charge is -2.25. The molecule has 3 heterocycles. The molecule has 1 aromatic carbocycles. The Morgan fingerprint density at radius 3 is 2.73 bits per heavy atom. The number of aromatic nitrogens is 4. The predicted molar refractivity (Wildman–Crippen MR) is 135 cm³/mol. The van der Waals surface area contributed by atoms with Crippen LogP contribution in [0.3, 0.4) is 0 Å². The molecular weight excluding hydrogens is 474 g/mol. The molecule has 1 saturated heterocycles. The van der Waals surface area contributed by atoms with Crippen molar-refractivity contribution in [3.05, 3.63) is 71.1 Å². The Bertz CT molecular complexity index is 1330. The number of hydrogen-bond acceptors (Lipinski definition) is 5. The van der Waals surface area contributed by atoms with E-state index in [0.29, 0.717) is 22.7 Å². The van der Waals surface area contributed by atoms with Gasteiger partial charge < -0.3 is 9.88 Å². The molecule has 0 unspecified atom stereocenters. The van der Waals surface area contributed by atoms with Crippen molar-refractivity contribution in [2.45, 2.75) is 63.3 Å². The second-order valence-corrected chi connectivity index (χ2v) is 11.3. The van der Waals surface area contributed by atoms with Crippen LogP contribution in [0, 0.1) is 5.41 Å². The Labute approximate surface area is 215 Å². The summed E-state index contributed by atoms with van der Waals surface area (Å²) >= 11 is 0. The van der Waals surface area contributed by atoms with E-state index in [1.54, 1.807) is 19.2 Å². The highest BCUT2D eigenvalue weighted by atomic mass is 19.2. The molecule has 3 fully saturated rings. The highest BCUT2D eigenvalue weighted by Gasteiger charge is 2.47. The maximum Gasteiger partial charge on any atom is 0.274 e. The van der Waals surface area contributed by atoms with Crippen LogP contribution in [-0.2, 0) is 19.3 Å². The second kappa shape index (κ2) is 8.97. The number of amides is 1. The fourth-order valence-corrected chi connectivity index (χ4v) is 5.42. The summed E-state index contributed by atoms with van der Waals surface area (Å²) < 4.78 is 32.2. The largest absolute Gasteiger partial charge is 0.321 e. The quantitative estimate of drug-likeness (QED) is 0.453. The molecule has 37 heavy (non-hydrogen) atoms. The number of hydrogen-bond donors (Lipinski definition) is 1. The summed E-state index contributed by atoms with van der Waals surface area (Å²) in [4.78, 5) is 20.4. The third-order valence-corrected chi connectivity index (χ3v) is 8.15. The molecule has 6 rings (SSSR count). The topological polar surface area (TPSA) is 75.9 Å². The molecule has 1 amide bonds. The second-order valence-electron chi connectivity index (χ2n) is 11.3. The number of carbonyl (C=O) groups is 1. The van der Waals surface area contributed by atoms with Gasteiger partial charge in [-0.05, 0) is 86.4 Å². The minimum atomic E-state index is -2.37. The van der Waals surface area contributed by atoms with E-state index in [9.17, 15) is 4.79 Å².